The molecule has 30 heavy (non-hydrogen) atoms. The van der Waals surface area contributed by atoms with Crippen molar-refractivity contribution in [1.82, 2.24) is 9.78 Å². The SMILES string of the molecule is Cc1ccc(Cn2nc(C)c(C(=O)Nc3c(C(C)C)cccc3C(C)C)c2Cl)cc1. The van der Waals surface area contributed by atoms with Gasteiger partial charge in [0.1, 0.15) is 5.15 Å². The molecule has 0 spiro atoms. The number of carbonyl (C=O) groups excluding carboxylic acids is 1. The Labute approximate surface area is 184 Å². The number of para-hydroxylation sites is 1. The number of amides is 1. The maximum Gasteiger partial charge on any atom is 0.260 e. The van der Waals surface area contributed by atoms with Gasteiger partial charge in [-0.1, -0.05) is 87.3 Å². The van der Waals surface area contributed by atoms with E-state index in [9.17, 15) is 4.79 Å². The molecule has 0 bridgehead atoms. The second kappa shape index (κ2) is 9.05. The number of aromatic nitrogens is 2. The quantitative estimate of drug-likeness (QED) is 0.479. The third-order valence-electron chi connectivity index (χ3n) is 5.36. The topological polar surface area (TPSA) is 46.9 Å². The van der Waals surface area contributed by atoms with Gasteiger partial charge >= 0.3 is 0 Å². The molecule has 4 nitrogen and oxygen atoms in total. The van der Waals surface area contributed by atoms with Gasteiger partial charge < -0.3 is 5.32 Å². The van der Waals surface area contributed by atoms with E-state index in [0.717, 1.165) is 22.4 Å². The number of nitrogens with one attached hydrogen (secondary N) is 1. The van der Waals surface area contributed by atoms with E-state index in [1.807, 2.05) is 6.92 Å². The molecule has 0 aliphatic carbocycles. The lowest BCUT2D eigenvalue weighted by Crippen LogP contribution is -2.17. The van der Waals surface area contributed by atoms with Gasteiger partial charge in [-0.3, -0.25) is 4.79 Å². The molecular weight excluding hydrogens is 394 g/mol. The fourth-order valence-corrected chi connectivity index (χ4v) is 3.97. The Balaban J connectivity index is 1.93. The Morgan fingerprint density at radius 2 is 1.57 bits per heavy atom. The molecule has 0 aliphatic rings. The van der Waals surface area contributed by atoms with Gasteiger partial charge in [-0.05, 0) is 42.4 Å². The van der Waals surface area contributed by atoms with Crippen molar-refractivity contribution in [2.24, 2.45) is 0 Å². The Bertz CT molecular complexity index is 1020. The second-order valence-corrected chi connectivity index (χ2v) is 8.83. The molecular formula is C25H30ClN3O. The van der Waals surface area contributed by atoms with Crippen molar-refractivity contribution in [3.8, 4) is 0 Å². The highest BCUT2D eigenvalue weighted by molar-refractivity contribution is 6.33. The smallest absolute Gasteiger partial charge is 0.260 e. The van der Waals surface area contributed by atoms with Crippen molar-refractivity contribution < 1.29 is 4.79 Å². The summed E-state index contributed by atoms with van der Waals surface area (Å²) in [5.74, 6) is 0.363. The monoisotopic (exact) mass is 423 g/mol. The van der Waals surface area contributed by atoms with Crippen LogP contribution < -0.4 is 5.32 Å². The average molecular weight is 424 g/mol. The fraction of sp³-hybridized carbons (Fsp3) is 0.360. The Kier molecular flexibility index (Phi) is 6.67. The minimum Gasteiger partial charge on any atom is -0.321 e. The number of hydrogen-bond donors (Lipinski definition) is 1. The summed E-state index contributed by atoms with van der Waals surface area (Å²) in [5.41, 5.74) is 6.46. The lowest BCUT2D eigenvalue weighted by molar-refractivity contribution is 0.102. The number of nitrogens with zero attached hydrogens (tertiary/aromatic N) is 2. The molecule has 3 rings (SSSR count). The highest BCUT2D eigenvalue weighted by Crippen LogP contribution is 2.33. The number of benzene rings is 2. The number of hydrogen-bond acceptors (Lipinski definition) is 2. The zero-order valence-corrected chi connectivity index (χ0v) is 19.3. The summed E-state index contributed by atoms with van der Waals surface area (Å²) >= 11 is 6.62. The molecule has 0 unspecified atom stereocenters. The van der Waals surface area contributed by atoms with Gasteiger partial charge in [0, 0.05) is 5.69 Å². The highest BCUT2D eigenvalue weighted by Gasteiger charge is 2.23. The fourth-order valence-electron chi connectivity index (χ4n) is 3.65. The van der Waals surface area contributed by atoms with E-state index in [-0.39, 0.29) is 5.91 Å². The number of carbonyl (C=O) groups is 1. The van der Waals surface area contributed by atoms with Crippen LogP contribution in [0.25, 0.3) is 0 Å². The van der Waals surface area contributed by atoms with E-state index in [1.165, 1.54) is 5.56 Å². The minimum atomic E-state index is -0.220. The van der Waals surface area contributed by atoms with Crippen LogP contribution in [-0.4, -0.2) is 15.7 Å². The molecule has 0 atom stereocenters. The van der Waals surface area contributed by atoms with Crippen LogP contribution >= 0.6 is 11.6 Å². The van der Waals surface area contributed by atoms with Crippen LogP contribution in [0.2, 0.25) is 5.15 Å². The molecule has 1 amide bonds. The first-order valence-corrected chi connectivity index (χ1v) is 10.8. The van der Waals surface area contributed by atoms with Crippen molar-refractivity contribution in [2.75, 3.05) is 5.32 Å². The first-order valence-electron chi connectivity index (χ1n) is 10.4. The lowest BCUT2D eigenvalue weighted by atomic mass is 9.92. The van der Waals surface area contributed by atoms with Crippen LogP contribution in [0.5, 0.6) is 0 Å². The van der Waals surface area contributed by atoms with Crippen molar-refractivity contribution in [2.45, 2.75) is 59.9 Å². The van der Waals surface area contributed by atoms with E-state index in [0.29, 0.717) is 34.8 Å². The second-order valence-electron chi connectivity index (χ2n) is 8.47. The van der Waals surface area contributed by atoms with Crippen LogP contribution in [0, 0.1) is 13.8 Å². The molecule has 0 saturated carbocycles. The summed E-state index contributed by atoms with van der Waals surface area (Å²) in [6, 6.07) is 14.4. The maximum absolute atomic E-state index is 13.3. The van der Waals surface area contributed by atoms with Gasteiger partial charge in [-0.25, -0.2) is 4.68 Å². The maximum atomic E-state index is 13.3. The third kappa shape index (κ3) is 4.59. The average Bonchev–Trinajstić information content (AvgIpc) is 2.96. The van der Waals surface area contributed by atoms with Crippen LogP contribution in [-0.2, 0) is 6.54 Å². The van der Waals surface area contributed by atoms with Crippen molar-refractivity contribution in [3.63, 3.8) is 0 Å². The molecule has 5 heteroatoms. The van der Waals surface area contributed by atoms with E-state index in [2.05, 4.69) is 87.5 Å². The Morgan fingerprint density at radius 1 is 1.00 bits per heavy atom. The molecule has 0 radical (unpaired) electrons. The van der Waals surface area contributed by atoms with Gasteiger partial charge in [0.15, 0.2) is 0 Å². The molecule has 0 fully saturated rings. The molecule has 1 N–H and O–H groups in total. The molecule has 1 aromatic heterocycles. The van der Waals surface area contributed by atoms with Crippen molar-refractivity contribution >= 4 is 23.2 Å². The number of anilines is 1. The Hall–Kier alpha value is -2.59. The summed E-state index contributed by atoms with van der Waals surface area (Å²) in [6.07, 6.45) is 0. The van der Waals surface area contributed by atoms with E-state index < -0.39 is 0 Å². The summed E-state index contributed by atoms with van der Waals surface area (Å²) in [7, 11) is 0. The van der Waals surface area contributed by atoms with Crippen LogP contribution in [0.15, 0.2) is 42.5 Å². The third-order valence-corrected chi connectivity index (χ3v) is 5.74. The molecule has 2 aromatic carbocycles. The minimum absolute atomic E-state index is 0.220. The first-order chi connectivity index (χ1) is 14.2. The molecule has 158 valence electrons. The van der Waals surface area contributed by atoms with E-state index in [4.69, 9.17) is 11.6 Å². The van der Waals surface area contributed by atoms with Crippen LogP contribution in [0.3, 0.4) is 0 Å². The summed E-state index contributed by atoms with van der Waals surface area (Å²) < 4.78 is 1.69. The van der Waals surface area contributed by atoms with Crippen molar-refractivity contribution in [1.29, 1.82) is 0 Å². The largest absolute Gasteiger partial charge is 0.321 e. The molecule has 0 aliphatic heterocycles. The van der Waals surface area contributed by atoms with Crippen LogP contribution in [0.1, 0.15) is 77.8 Å². The summed E-state index contributed by atoms with van der Waals surface area (Å²) in [5, 5.41) is 8.04. The molecule has 3 aromatic rings. The number of rotatable bonds is 6. The van der Waals surface area contributed by atoms with Gasteiger partial charge in [0.2, 0.25) is 0 Å². The molecule has 1 heterocycles. The summed E-state index contributed by atoms with van der Waals surface area (Å²) in [4.78, 5) is 13.3. The van der Waals surface area contributed by atoms with Gasteiger partial charge in [0.05, 0.1) is 17.8 Å². The Morgan fingerprint density at radius 3 is 2.10 bits per heavy atom. The van der Waals surface area contributed by atoms with E-state index >= 15 is 0 Å². The summed E-state index contributed by atoms with van der Waals surface area (Å²) in [6.45, 7) is 12.9. The standard InChI is InChI=1S/C25H30ClN3O/c1-15(2)20-8-7-9-21(16(3)4)23(20)27-25(30)22-18(6)28-29(24(22)26)14-19-12-10-17(5)11-13-19/h7-13,15-16H,14H2,1-6H3,(H,27,30). The van der Waals surface area contributed by atoms with Gasteiger partial charge in [-0.2, -0.15) is 5.10 Å². The zero-order chi connectivity index (χ0) is 22.0. The first kappa shape index (κ1) is 22.1. The van der Waals surface area contributed by atoms with Crippen LogP contribution in [0.4, 0.5) is 5.69 Å². The normalized spacial score (nSPS) is 11.4. The predicted molar refractivity (Wildman–Crippen MR) is 125 cm³/mol. The molecule has 0 saturated heterocycles. The highest BCUT2D eigenvalue weighted by atomic mass is 35.5. The lowest BCUT2D eigenvalue weighted by Gasteiger charge is -2.20. The van der Waals surface area contributed by atoms with E-state index in [1.54, 1.807) is 4.68 Å². The predicted octanol–water partition coefficient (Wildman–Crippen LogP) is 6.70. The van der Waals surface area contributed by atoms with Gasteiger partial charge in [-0.15, -0.1) is 0 Å². The van der Waals surface area contributed by atoms with Crippen molar-refractivity contribution in [3.05, 3.63) is 81.1 Å². The number of halogens is 1. The van der Waals surface area contributed by atoms with Gasteiger partial charge in [0.25, 0.3) is 5.91 Å². The number of aryl methyl sites for hydroxylation is 2. The zero-order valence-electron chi connectivity index (χ0n) is 18.6.